The number of aliphatic imine (C=N–C) groups is 1. The third-order valence-electron chi connectivity index (χ3n) is 4.94. The molecule has 160 valence electrons. The van der Waals surface area contributed by atoms with Crippen LogP contribution in [-0.4, -0.2) is 69.1 Å². The number of nitrogens with zero attached hydrogens (tertiary/aromatic N) is 3. The molecule has 0 radical (unpaired) electrons. The first-order chi connectivity index (χ1) is 12.9. The molecule has 0 spiro atoms. The van der Waals surface area contributed by atoms with E-state index in [2.05, 4.69) is 47.5 Å². The molecule has 1 aliphatic heterocycles. The Kier molecular flexibility index (Phi) is 11.4. The predicted octanol–water partition coefficient (Wildman–Crippen LogP) is 2.81. The lowest BCUT2D eigenvalue weighted by Gasteiger charge is -2.22. The van der Waals surface area contributed by atoms with Gasteiger partial charge in [-0.25, -0.2) is 12.7 Å². The highest BCUT2D eigenvalue weighted by molar-refractivity contribution is 14.0. The van der Waals surface area contributed by atoms with Gasteiger partial charge in [0.25, 0.3) is 0 Å². The third-order valence-corrected chi connectivity index (χ3v) is 6.32. The van der Waals surface area contributed by atoms with E-state index >= 15 is 0 Å². The molecule has 1 heterocycles. The van der Waals surface area contributed by atoms with Crippen LogP contribution in [0, 0.1) is 5.92 Å². The molecule has 1 aliphatic rings. The van der Waals surface area contributed by atoms with E-state index in [9.17, 15) is 8.42 Å². The summed E-state index contributed by atoms with van der Waals surface area (Å²) >= 11 is 0. The Morgan fingerprint density at radius 3 is 2.61 bits per heavy atom. The maximum atomic E-state index is 11.7. The number of guanidine groups is 1. The summed E-state index contributed by atoms with van der Waals surface area (Å²) in [5.74, 6) is 1.60. The average molecular weight is 522 g/mol. The Balaban J connectivity index is 0.00000392. The van der Waals surface area contributed by atoms with E-state index in [1.807, 2.05) is 6.92 Å². The predicted molar refractivity (Wildman–Crippen MR) is 128 cm³/mol. The van der Waals surface area contributed by atoms with Gasteiger partial charge in [-0.05, 0) is 37.7 Å². The molecule has 28 heavy (non-hydrogen) atoms. The zero-order chi connectivity index (χ0) is 19.7. The molecule has 0 aromatic heterocycles. The molecule has 1 N–H and O–H groups in total. The van der Waals surface area contributed by atoms with E-state index in [4.69, 9.17) is 4.99 Å². The highest BCUT2D eigenvalue weighted by Gasteiger charge is 2.25. The van der Waals surface area contributed by atoms with Crippen molar-refractivity contribution in [2.24, 2.45) is 10.9 Å². The van der Waals surface area contributed by atoms with E-state index in [-0.39, 0.29) is 24.0 Å². The van der Waals surface area contributed by atoms with Crippen molar-refractivity contribution in [2.45, 2.75) is 33.1 Å². The maximum absolute atomic E-state index is 11.7. The molecule has 0 amide bonds. The quantitative estimate of drug-likeness (QED) is 0.235. The normalized spacial score (nSPS) is 17.6. The molecular formula is C20H35IN4O2S. The highest BCUT2D eigenvalue weighted by Crippen LogP contribution is 2.20. The van der Waals surface area contributed by atoms with Gasteiger partial charge in [-0.15, -0.1) is 24.0 Å². The molecule has 1 unspecified atom stereocenters. The lowest BCUT2D eigenvalue weighted by atomic mass is 9.99. The van der Waals surface area contributed by atoms with Crippen LogP contribution in [0.25, 0.3) is 0 Å². The first-order valence-corrected chi connectivity index (χ1v) is 11.8. The standard InChI is InChI=1S/C20H34N4O2S.HI/c1-4-21-20(22-13-9-14-24(5-2)27(3,25)26)23-15-12-19(17-23)16-18-10-7-6-8-11-18;/h6-8,10-11,19H,4-5,9,12-17H2,1-3H3,(H,21,22);1H. The fourth-order valence-electron chi connectivity index (χ4n) is 3.56. The van der Waals surface area contributed by atoms with E-state index in [1.165, 1.54) is 22.5 Å². The summed E-state index contributed by atoms with van der Waals surface area (Å²) in [6.07, 6.45) is 4.28. The third kappa shape index (κ3) is 8.24. The van der Waals surface area contributed by atoms with Gasteiger partial charge in [-0.2, -0.15) is 0 Å². The van der Waals surface area contributed by atoms with E-state index in [0.717, 1.165) is 38.4 Å². The maximum Gasteiger partial charge on any atom is 0.211 e. The molecule has 6 nitrogen and oxygen atoms in total. The molecule has 0 aliphatic carbocycles. The topological polar surface area (TPSA) is 65.0 Å². The lowest BCUT2D eigenvalue weighted by Crippen LogP contribution is -2.40. The second kappa shape index (κ2) is 12.6. The Bertz CT molecular complexity index is 697. The number of halogens is 1. The Morgan fingerprint density at radius 2 is 2.00 bits per heavy atom. The Morgan fingerprint density at radius 1 is 1.29 bits per heavy atom. The smallest absolute Gasteiger partial charge is 0.211 e. The van der Waals surface area contributed by atoms with Crippen molar-refractivity contribution in [3.05, 3.63) is 35.9 Å². The van der Waals surface area contributed by atoms with Gasteiger partial charge in [0, 0.05) is 39.3 Å². The summed E-state index contributed by atoms with van der Waals surface area (Å²) in [7, 11) is -3.12. The van der Waals surface area contributed by atoms with Crippen molar-refractivity contribution in [1.82, 2.24) is 14.5 Å². The van der Waals surface area contributed by atoms with E-state index < -0.39 is 10.0 Å². The zero-order valence-corrected chi connectivity index (χ0v) is 20.4. The Labute approximate surface area is 187 Å². The van der Waals surface area contributed by atoms with Crippen LogP contribution in [0.15, 0.2) is 35.3 Å². The number of nitrogens with one attached hydrogen (secondary N) is 1. The highest BCUT2D eigenvalue weighted by atomic mass is 127. The van der Waals surface area contributed by atoms with Gasteiger partial charge in [0.15, 0.2) is 5.96 Å². The summed E-state index contributed by atoms with van der Waals surface area (Å²) in [5.41, 5.74) is 1.40. The van der Waals surface area contributed by atoms with Crippen molar-refractivity contribution in [2.75, 3.05) is 45.5 Å². The molecule has 1 fully saturated rings. The number of hydrogen-bond donors (Lipinski definition) is 1. The van der Waals surface area contributed by atoms with Crippen molar-refractivity contribution in [3.63, 3.8) is 0 Å². The summed E-state index contributed by atoms with van der Waals surface area (Å²) < 4.78 is 24.8. The van der Waals surface area contributed by atoms with E-state index in [0.29, 0.717) is 25.6 Å². The van der Waals surface area contributed by atoms with E-state index in [1.54, 1.807) is 0 Å². The van der Waals surface area contributed by atoms with Gasteiger partial charge in [0.1, 0.15) is 0 Å². The molecule has 2 rings (SSSR count). The van der Waals surface area contributed by atoms with Gasteiger partial charge in [0.05, 0.1) is 6.26 Å². The van der Waals surface area contributed by atoms with Crippen LogP contribution < -0.4 is 5.32 Å². The minimum absolute atomic E-state index is 0. The van der Waals surface area contributed by atoms with Crippen LogP contribution >= 0.6 is 24.0 Å². The largest absolute Gasteiger partial charge is 0.357 e. The van der Waals surface area contributed by atoms with Crippen LogP contribution in [0.2, 0.25) is 0 Å². The molecule has 8 heteroatoms. The molecule has 1 aromatic rings. The monoisotopic (exact) mass is 522 g/mol. The van der Waals surface area contributed by atoms with Gasteiger partial charge < -0.3 is 10.2 Å². The summed E-state index contributed by atoms with van der Waals surface area (Å²) in [5, 5.41) is 3.39. The average Bonchev–Trinajstić information content (AvgIpc) is 3.09. The number of sulfonamides is 1. The summed E-state index contributed by atoms with van der Waals surface area (Å²) in [4.78, 5) is 7.07. The SMILES string of the molecule is CCNC(=NCCCN(CC)S(C)(=O)=O)N1CCC(Cc2ccccc2)C1.I. The fraction of sp³-hybridized carbons (Fsp3) is 0.650. The van der Waals surface area contributed by atoms with Gasteiger partial charge >= 0.3 is 0 Å². The van der Waals surface area contributed by atoms with Crippen LogP contribution in [0.5, 0.6) is 0 Å². The number of rotatable bonds is 9. The van der Waals surface area contributed by atoms with Crippen molar-refractivity contribution < 1.29 is 8.42 Å². The van der Waals surface area contributed by atoms with Crippen LogP contribution in [0.3, 0.4) is 0 Å². The van der Waals surface area contributed by atoms with Crippen molar-refractivity contribution in [3.8, 4) is 0 Å². The van der Waals surface area contributed by atoms with Crippen LogP contribution in [0.1, 0.15) is 32.3 Å². The fourth-order valence-corrected chi connectivity index (χ4v) is 4.49. The Hall–Kier alpha value is -0.870. The van der Waals surface area contributed by atoms with Gasteiger partial charge in [0.2, 0.25) is 10.0 Å². The molecular weight excluding hydrogens is 487 g/mol. The van der Waals surface area contributed by atoms with Crippen LogP contribution in [0.4, 0.5) is 0 Å². The number of benzene rings is 1. The van der Waals surface area contributed by atoms with Crippen molar-refractivity contribution >= 4 is 40.0 Å². The van der Waals surface area contributed by atoms with Crippen molar-refractivity contribution in [1.29, 1.82) is 0 Å². The summed E-state index contributed by atoms with van der Waals surface area (Å²) in [6.45, 7) is 8.49. The van der Waals surface area contributed by atoms with Crippen LogP contribution in [-0.2, 0) is 16.4 Å². The minimum atomic E-state index is -3.12. The first kappa shape index (κ1) is 25.2. The second-order valence-electron chi connectivity index (χ2n) is 7.13. The number of hydrogen-bond acceptors (Lipinski definition) is 3. The minimum Gasteiger partial charge on any atom is -0.357 e. The molecule has 0 bridgehead atoms. The molecule has 1 atom stereocenters. The summed E-state index contributed by atoms with van der Waals surface area (Å²) in [6, 6.07) is 10.7. The van der Waals surface area contributed by atoms with Gasteiger partial charge in [-0.3, -0.25) is 4.99 Å². The lowest BCUT2D eigenvalue weighted by molar-refractivity contribution is 0.425. The molecule has 0 saturated carbocycles. The molecule has 1 saturated heterocycles. The first-order valence-electron chi connectivity index (χ1n) is 9.96. The zero-order valence-electron chi connectivity index (χ0n) is 17.3. The second-order valence-corrected chi connectivity index (χ2v) is 9.12. The molecule has 1 aromatic carbocycles. The van der Waals surface area contributed by atoms with Gasteiger partial charge in [-0.1, -0.05) is 37.3 Å². The number of likely N-dealkylation sites (tertiary alicyclic amines) is 1.